The molecule has 6 nitrogen and oxygen atoms in total. The topological polar surface area (TPSA) is 74.8 Å². The number of urea groups is 1. The summed E-state index contributed by atoms with van der Waals surface area (Å²) in [5.41, 5.74) is 0.835. The molecular formula is C22H22N2O4. The number of ketones is 1. The van der Waals surface area contributed by atoms with Crippen LogP contribution in [0.25, 0.3) is 0 Å². The van der Waals surface area contributed by atoms with Crippen molar-refractivity contribution in [2.24, 2.45) is 5.41 Å². The zero-order valence-corrected chi connectivity index (χ0v) is 16.1. The molecule has 2 aromatic rings. The number of nitrogens with zero attached hydrogens (tertiary/aromatic N) is 2. The number of Topliss-reactive ketones (excluding diaryl/α,β-unsaturated/α-hetero) is 1. The van der Waals surface area contributed by atoms with Gasteiger partial charge in [-0.05, 0) is 25.8 Å². The maximum Gasteiger partial charge on any atom is 0.333 e. The Morgan fingerprint density at radius 3 is 2.14 bits per heavy atom. The van der Waals surface area contributed by atoms with Gasteiger partial charge in [0.15, 0.2) is 5.78 Å². The van der Waals surface area contributed by atoms with Crippen LogP contribution in [0.4, 0.5) is 4.79 Å². The lowest BCUT2D eigenvalue weighted by atomic mass is 9.79. The lowest BCUT2D eigenvalue weighted by molar-refractivity contribution is -0.156. The molecule has 1 aliphatic rings. The average molecular weight is 378 g/mol. The van der Waals surface area contributed by atoms with Crippen molar-refractivity contribution in [2.75, 3.05) is 13.6 Å². The first-order chi connectivity index (χ1) is 13.2. The number of barbiturate groups is 1. The predicted molar refractivity (Wildman–Crippen MR) is 104 cm³/mol. The number of benzene rings is 2. The van der Waals surface area contributed by atoms with E-state index in [1.54, 1.807) is 30.3 Å². The Kier molecular flexibility index (Phi) is 5.14. The van der Waals surface area contributed by atoms with Gasteiger partial charge in [0.2, 0.25) is 11.8 Å². The maximum atomic E-state index is 13.2. The molecule has 0 radical (unpaired) electrons. The smallest absolute Gasteiger partial charge is 0.292 e. The summed E-state index contributed by atoms with van der Waals surface area (Å²) in [6, 6.07) is 15.2. The molecule has 3 rings (SSSR count). The van der Waals surface area contributed by atoms with E-state index in [1.807, 2.05) is 31.2 Å². The van der Waals surface area contributed by atoms with Gasteiger partial charge in [-0.3, -0.25) is 24.2 Å². The number of imide groups is 2. The van der Waals surface area contributed by atoms with Gasteiger partial charge in [-0.2, -0.15) is 0 Å². The third kappa shape index (κ3) is 3.45. The first-order valence-electron chi connectivity index (χ1n) is 9.02. The molecule has 1 aliphatic heterocycles. The van der Waals surface area contributed by atoms with Crippen molar-refractivity contribution in [3.05, 3.63) is 71.3 Å². The standard InChI is InChI=1S/C22H22N2O4/c1-15-9-11-16(12-10-15)13-22(2)19(26)23(3)21(28)24(20(22)27)14-18(25)17-7-5-4-6-8-17/h4-12H,13-14H2,1-3H3. The summed E-state index contributed by atoms with van der Waals surface area (Å²) in [6.45, 7) is 3.08. The molecule has 144 valence electrons. The Hall–Kier alpha value is -3.28. The van der Waals surface area contributed by atoms with Crippen LogP contribution >= 0.6 is 0 Å². The Bertz CT molecular complexity index is 937. The minimum Gasteiger partial charge on any atom is -0.292 e. The van der Waals surface area contributed by atoms with Crippen molar-refractivity contribution in [3.63, 3.8) is 0 Å². The first kappa shape index (κ1) is 19.5. The number of amides is 4. The van der Waals surface area contributed by atoms with Crippen LogP contribution in [0.1, 0.15) is 28.4 Å². The highest BCUT2D eigenvalue weighted by atomic mass is 16.2. The van der Waals surface area contributed by atoms with E-state index in [0.29, 0.717) is 5.56 Å². The maximum absolute atomic E-state index is 13.2. The molecule has 0 spiro atoms. The summed E-state index contributed by atoms with van der Waals surface area (Å²) in [7, 11) is 1.34. The SMILES string of the molecule is Cc1ccc(CC2(C)C(=O)N(C)C(=O)N(CC(=O)c3ccccc3)C2=O)cc1. The molecule has 0 bridgehead atoms. The van der Waals surface area contributed by atoms with Gasteiger partial charge in [0.25, 0.3) is 0 Å². The first-order valence-corrected chi connectivity index (χ1v) is 9.02. The molecule has 2 aromatic carbocycles. The highest BCUT2D eigenvalue weighted by molar-refractivity contribution is 6.20. The fourth-order valence-corrected chi connectivity index (χ4v) is 3.38. The molecule has 1 fully saturated rings. The molecule has 0 aromatic heterocycles. The van der Waals surface area contributed by atoms with Crippen LogP contribution in [-0.4, -0.2) is 47.0 Å². The number of hydrogen-bond donors (Lipinski definition) is 0. The van der Waals surface area contributed by atoms with Gasteiger partial charge < -0.3 is 0 Å². The summed E-state index contributed by atoms with van der Waals surface area (Å²) >= 11 is 0. The molecule has 28 heavy (non-hydrogen) atoms. The minimum absolute atomic E-state index is 0.151. The molecular weight excluding hydrogens is 356 g/mol. The Labute approximate surface area is 163 Å². The molecule has 0 aliphatic carbocycles. The van der Waals surface area contributed by atoms with Gasteiger partial charge in [0.1, 0.15) is 5.41 Å². The second kappa shape index (κ2) is 7.38. The molecule has 1 heterocycles. The van der Waals surface area contributed by atoms with Crippen LogP contribution in [0.15, 0.2) is 54.6 Å². The monoisotopic (exact) mass is 378 g/mol. The van der Waals surface area contributed by atoms with E-state index in [4.69, 9.17) is 0 Å². The normalized spacial score (nSPS) is 19.9. The van der Waals surface area contributed by atoms with Crippen molar-refractivity contribution in [2.45, 2.75) is 20.3 Å². The Morgan fingerprint density at radius 1 is 0.929 bits per heavy atom. The molecule has 0 N–H and O–H groups in total. The van der Waals surface area contributed by atoms with E-state index in [2.05, 4.69) is 0 Å². The van der Waals surface area contributed by atoms with Crippen molar-refractivity contribution in [3.8, 4) is 0 Å². The number of aryl methyl sites for hydroxylation is 1. The number of hydrogen-bond acceptors (Lipinski definition) is 4. The van der Waals surface area contributed by atoms with Crippen LogP contribution in [0, 0.1) is 12.3 Å². The van der Waals surface area contributed by atoms with E-state index in [9.17, 15) is 19.2 Å². The molecule has 6 heteroatoms. The van der Waals surface area contributed by atoms with Gasteiger partial charge in [-0.1, -0.05) is 60.2 Å². The average Bonchev–Trinajstić information content (AvgIpc) is 2.71. The van der Waals surface area contributed by atoms with E-state index in [1.165, 1.54) is 14.0 Å². The van der Waals surface area contributed by atoms with Gasteiger partial charge in [0, 0.05) is 12.6 Å². The molecule has 4 amide bonds. The fraction of sp³-hybridized carbons (Fsp3) is 0.273. The minimum atomic E-state index is -1.45. The third-order valence-electron chi connectivity index (χ3n) is 5.09. The Balaban J connectivity index is 1.90. The molecule has 1 atom stereocenters. The number of rotatable bonds is 5. The largest absolute Gasteiger partial charge is 0.333 e. The van der Waals surface area contributed by atoms with E-state index >= 15 is 0 Å². The summed E-state index contributed by atoms with van der Waals surface area (Å²) < 4.78 is 0. The highest BCUT2D eigenvalue weighted by Gasteiger charge is 2.53. The summed E-state index contributed by atoms with van der Waals surface area (Å²) in [5.74, 6) is -1.57. The van der Waals surface area contributed by atoms with Crippen molar-refractivity contribution < 1.29 is 19.2 Å². The quantitative estimate of drug-likeness (QED) is 0.592. The number of carbonyl (C=O) groups is 4. The lowest BCUT2D eigenvalue weighted by Gasteiger charge is -2.40. The van der Waals surface area contributed by atoms with Crippen molar-refractivity contribution in [1.29, 1.82) is 0 Å². The summed E-state index contributed by atoms with van der Waals surface area (Å²) in [5, 5.41) is 0. The van der Waals surface area contributed by atoms with Crippen LogP contribution in [0.2, 0.25) is 0 Å². The van der Waals surface area contributed by atoms with Crippen LogP contribution < -0.4 is 0 Å². The third-order valence-corrected chi connectivity index (χ3v) is 5.09. The second-order valence-corrected chi connectivity index (χ2v) is 7.32. The lowest BCUT2D eigenvalue weighted by Crippen LogP contribution is -2.64. The molecule has 0 saturated carbocycles. The fourth-order valence-electron chi connectivity index (χ4n) is 3.38. The van der Waals surface area contributed by atoms with Crippen molar-refractivity contribution >= 4 is 23.6 Å². The van der Waals surface area contributed by atoms with Gasteiger partial charge in [-0.15, -0.1) is 0 Å². The molecule has 1 unspecified atom stereocenters. The zero-order chi connectivity index (χ0) is 20.5. The predicted octanol–water partition coefficient (Wildman–Crippen LogP) is 2.85. The highest BCUT2D eigenvalue weighted by Crippen LogP contribution is 2.32. The summed E-state index contributed by atoms with van der Waals surface area (Å²) in [4.78, 5) is 52.9. The van der Waals surface area contributed by atoms with Crippen LogP contribution in [0.5, 0.6) is 0 Å². The van der Waals surface area contributed by atoms with Gasteiger partial charge in [-0.25, -0.2) is 4.79 Å². The second-order valence-electron chi connectivity index (χ2n) is 7.32. The van der Waals surface area contributed by atoms with Crippen LogP contribution in [0.3, 0.4) is 0 Å². The molecule has 1 saturated heterocycles. The summed E-state index contributed by atoms with van der Waals surface area (Å²) in [6.07, 6.45) is 0.151. The van der Waals surface area contributed by atoms with Crippen molar-refractivity contribution in [1.82, 2.24) is 9.80 Å². The van der Waals surface area contributed by atoms with Crippen LogP contribution in [-0.2, 0) is 16.0 Å². The van der Waals surface area contributed by atoms with Gasteiger partial charge >= 0.3 is 6.03 Å². The van der Waals surface area contributed by atoms with E-state index in [0.717, 1.165) is 20.9 Å². The van der Waals surface area contributed by atoms with E-state index < -0.39 is 29.8 Å². The van der Waals surface area contributed by atoms with Gasteiger partial charge in [0.05, 0.1) is 6.54 Å². The Morgan fingerprint density at radius 2 is 1.54 bits per heavy atom. The number of carbonyl (C=O) groups excluding carboxylic acids is 4. The zero-order valence-electron chi connectivity index (χ0n) is 16.1. The van der Waals surface area contributed by atoms with E-state index in [-0.39, 0.29) is 12.2 Å².